The number of halogens is 3. The standard InChI is InChI=1S/C10H16Cl3N5O2/c11-10(12,13)7-16-8(14-3-1-5-19)18-9(17-7)15-4-2-6-20/h19-20H,1-6H2,(H2,14,15,16,17,18). The van der Waals surface area contributed by atoms with Gasteiger partial charge in [-0.25, -0.2) is 0 Å². The molecule has 10 heteroatoms. The van der Waals surface area contributed by atoms with E-state index >= 15 is 0 Å². The highest BCUT2D eigenvalue weighted by molar-refractivity contribution is 6.66. The minimum absolute atomic E-state index is 0.00417. The van der Waals surface area contributed by atoms with Crippen LogP contribution in [0.4, 0.5) is 11.9 Å². The molecule has 0 saturated carbocycles. The quantitative estimate of drug-likeness (QED) is 0.416. The number of hydrogen-bond acceptors (Lipinski definition) is 7. The number of aliphatic hydroxyl groups is 2. The summed E-state index contributed by atoms with van der Waals surface area (Å²) in [6, 6.07) is 0. The first-order valence-corrected chi connectivity index (χ1v) is 7.13. The van der Waals surface area contributed by atoms with Crippen LogP contribution in [0.15, 0.2) is 0 Å². The van der Waals surface area contributed by atoms with E-state index in [1.165, 1.54) is 0 Å². The smallest absolute Gasteiger partial charge is 0.250 e. The Bertz CT molecular complexity index is 388. The van der Waals surface area contributed by atoms with Crippen LogP contribution in [-0.4, -0.2) is 51.5 Å². The van der Waals surface area contributed by atoms with E-state index in [0.717, 1.165) is 0 Å². The summed E-state index contributed by atoms with van der Waals surface area (Å²) in [6.07, 6.45) is 1.09. The number of nitrogens with zero attached hydrogens (tertiary/aromatic N) is 3. The van der Waals surface area contributed by atoms with Crippen molar-refractivity contribution >= 4 is 46.7 Å². The molecule has 7 nitrogen and oxygen atoms in total. The molecule has 20 heavy (non-hydrogen) atoms. The Hall–Kier alpha value is -0.600. The lowest BCUT2D eigenvalue weighted by molar-refractivity contribution is 0.292. The van der Waals surface area contributed by atoms with Crippen LogP contribution in [0.1, 0.15) is 18.7 Å². The van der Waals surface area contributed by atoms with Gasteiger partial charge in [0.05, 0.1) is 0 Å². The first-order valence-electron chi connectivity index (χ1n) is 6.00. The van der Waals surface area contributed by atoms with Gasteiger partial charge in [0, 0.05) is 26.3 Å². The first-order chi connectivity index (χ1) is 9.47. The van der Waals surface area contributed by atoms with Gasteiger partial charge in [-0.3, -0.25) is 0 Å². The Balaban J connectivity index is 2.84. The molecule has 0 atom stereocenters. The summed E-state index contributed by atoms with van der Waals surface area (Å²) in [5.41, 5.74) is 0. The summed E-state index contributed by atoms with van der Waals surface area (Å²) in [4.78, 5) is 12.1. The monoisotopic (exact) mass is 343 g/mol. The van der Waals surface area contributed by atoms with Crippen LogP contribution in [0.3, 0.4) is 0 Å². The molecule has 0 aliphatic rings. The van der Waals surface area contributed by atoms with Crippen LogP contribution in [0.5, 0.6) is 0 Å². The Labute approximate surface area is 131 Å². The lowest BCUT2D eigenvalue weighted by Gasteiger charge is -2.13. The number of aliphatic hydroxyl groups excluding tert-OH is 2. The second-order valence-electron chi connectivity index (χ2n) is 3.81. The van der Waals surface area contributed by atoms with Gasteiger partial charge in [-0.15, -0.1) is 0 Å². The third-order valence-electron chi connectivity index (χ3n) is 2.12. The highest BCUT2D eigenvalue weighted by Crippen LogP contribution is 2.36. The molecule has 0 spiro atoms. The van der Waals surface area contributed by atoms with Gasteiger partial charge in [-0.2, -0.15) is 15.0 Å². The molecular weight excluding hydrogens is 329 g/mol. The van der Waals surface area contributed by atoms with Gasteiger partial charge in [0.1, 0.15) is 0 Å². The van der Waals surface area contributed by atoms with E-state index in [4.69, 9.17) is 45.0 Å². The zero-order valence-corrected chi connectivity index (χ0v) is 12.9. The highest BCUT2D eigenvalue weighted by atomic mass is 35.6. The predicted octanol–water partition coefficient (Wildman–Crippen LogP) is 1.29. The lowest BCUT2D eigenvalue weighted by Crippen LogP contribution is -2.17. The normalized spacial score (nSPS) is 11.4. The number of anilines is 2. The summed E-state index contributed by atoms with van der Waals surface area (Å²) in [5, 5.41) is 23.3. The van der Waals surface area contributed by atoms with Crippen LogP contribution in [0.2, 0.25) is 0 Å². The van der Waals surface area contributed by atoms with Crippen molar-refractivity contribution in [2.45, 2.75) is 16.6 Å². The summed E-state index contributed by atoms with van der Waals surface area (Å²) in [5.74, 6) is 0.498. The van der Waals surface area contributed by atoms with Crippen molar-refractivity contribution in [2.75, 3.05) is 36.9 Å². The van der Waals surface area contributed by atoms with E-state index in [2.05, 4.69) is 25.6 Å². The molecule has 0 aliphatic carbocycles. The molecule has 0 aromatic carbocycles. The Morgan fingerprint density at radius 3 is 1.65 bits per heavy atom. The second-order valence-corrected chi connectivity index (χ2v) is 6.09. The van der Waals surface area contributed by atoms with Crippen LogP contribution in [0.25, 0.3) is 0 Å². The third-order valence-corrected chi connectivity index (χ3v) is 2.63. The minimum Gasteiger partial charge on any atom is -0.396 e. The van der Waals surface area contributed by atoms with E-state index < -0.39 is 3.79 Å². The van der Waals surface area contributed by atoms with Crippen LogP contribution < -0.4 is 10.6 Å². The molecule has 1 aromatic heterocycles. The first kappa shape index (κ1) is 17.5. The van der Waals surface area contributed by atoms with Crippen molar-refractivity contribution in [1.82, 2.24) is 15.0 Å². The van der Waals surface area contributed by atoms with E-state index in [-0.39, 0.29) is 30.9 Å². The van der Waals surface area contributed by atoms with Crippen LogP contribution >= 0.6 is 34.8 Å². The topological polar surface area (TPSA) is 103 Å². The molecule has 1 rings (SSSR count). The van der Waals surface area contributed by atoms with Gasteiger partial charge < -0.3 is 20.8 Å². The van der Waals surface area contributed by atoms with E-state index in [9.17, 15) is 0 Å². The molecule has 0 aliphatic heterocycles. The minimum atomic E-state index is -1.76. The number of hydrogen-bond donors (Lipinski definition) is 4. The molecule has 0 unspecified atom stereocenters. The Morgan fingerprint density at radius 2 is 1.30 bits per heavy atom. The van der Waals surface area contributed by atoms with Crippen LogP contribution in [-0.2, 0) is 3.79 Å². The summed E-state index contributed by atoms with van der Waals surface area (Å²) in [6.45, 7) is 1.07. The number of nitrogens with one attached hydrogen (secondary N) is 2. The molecule has 0 radical (unpaired) electrons. The van der Waals surface area contributed by atoms with Gasteiger partial charge in [-0.05, 0) is 12.8 Å². The average molecular weight is 345 g/mol. The highest BCUT2D eigenvalue weighted by Gasteiger charge is 2.28. The van der Waals surface area contributed by atoms with Crippen molar-refractivity contribution in [3.8, 4) is 0 Å². The predicted molar refractivity (Wildman–Crippen MR) is 79.4 cm³/mol. The summed E-state index contributed by atoms with van der Waals surface area (Å²) >= 11 is 17.3. The van der Waals surface area contributed by atoms with Crippen molar-refractivity contribution in [3.05, 3.63) is 5.82 Å². The largest absolute Gasteiger partial charge is 0.396 e. The maximum absolute atomic E-state index is 8.73. The summed E-state index contributed by atoms with van der Waals surface area (Å²) < 4.78 is -1.76. The Kier molecular flexibility index (Phi) is 7.53. The SMILES string of the molecule is OCCCNc1nc(NCCCO)nc(C(Cl)(Cl)Cl)n1. The van der Waals surface area contributed by atoms with Crippen molar-refractivity contribution < 1.29 is 10.2 Å². The zero-order valence-electron chi connectivity index (χ0n) is 10.6. The number of aromatic nitrogens is 3. The lowest BCUT2D eigenvalue weighted by atomic mass is 10.4. The van der Waals surface area contributed by atoms with Crippen molar-refractivity contribution in [3.63, 3.8) is 0 Å². The van der Waals surface area contributed by atoms with Crippen molar-refractivity contribution in [1.29, 1.82) is 0 Å². The van der Waals surface area contributed by atoms with E-state index in [0.29, 0.717) is 25.9 Å². The molecule has 4 N–H and O–H groups in total. The zero-order chi connectivity index (χ0) is 15.0. The van der Waals surface area contributed by atoms with Gasteiger partial charge in [0.25, 0.3) is 0 Å². The number of alkyl halides is 3. The molecule has 0 amide bonds. The fraction of sp³-hybridized carbons (Fsp3) is 0.700. The number of rotatable bonds is 8. The fourth-order valence-corrected chi connectivity index (χ4v) is 1.47. The van der Waals surface area contributed by atoms with Gasteiger partial charge in [0.15, 0.2) is 5.82 Å². The Morgan fingerprint density at radius 1 is 0.850 bits per heavy atom. The van der Waals surface area contributed by atoms with Gasteiger partial charge in [-0.1, -0.05) is 34.8 Å². The summed E-state index contributed by atoms with van der Waals surface area (Å²) in [7, 11) is 0. The molecule has 0 fully saturated rings. The molecule has 0 saturated heterocycles. The van der Waals surface area contributed by atoms with Crippen LogP contribution in [0, 0.1) is 0 Å². The molecular formula is C10H16Cl3N5O2. The maximum atomic E-state index is 8.73. The third kappa shape index (κ3) is 6.23. The van der Waals surface area contributed by atoms with E-state index in [1.807, 2.05) is 0 Å². The van der Waals surface area contributed by atoms with Gasteiger partial charge in [0.2, 0.25) is 15.7 Å². The maximum Gasteiger partial charge on any atom is 0.250 e. The molecule has 114 valence electrons. The molecule has 0 bridgehead atoms. The van der Waals surface area contributed by atoms with E-state index in [1.54, 1.807) is 0 Å². The van der Waals surface area contributed by atoms with Crippen molar-refractivity contribution in [2.24, 2.45) is 0 Å². The van der Waals surface area contributed by atoms with Gasteiger partial charge >= 0.3 is 0 Å². The fourth-order valence-electron chi connectivity index (χ4n) is 1.22. The molecule has 1 heterocycles. The second kappa shape index (κ2) is 8.63. The average Bonchev–Trinajstić information content (AvgIpc) is 2.38. The molecule has 1 aromatic rings.